The quantitative estimate of drug-likeness (QED) is 0.239. The highest BCUT2D eigenvalue weighted by atomic mass is 35.5. The molecular weight excluding hydrogens is 523 g/mol. The van der Waals surface area contributed by atoms with Crippen molar-refractivity contribution < 1.29 is 28.3 Å². The molecule has 2 atom stereocenters. The van der Waals surface area contributed by atoms with Crippen LogP contribution in [0.25, 0.3) is 0 Å². The number of fused-ring (bicyclic) bond motifs is 1. The molecule has 8 nitrogen and oxygen atoms in total. The normalized spacial score (nSPS) is 18.9. The molecule has 0 radical (unpaired) electrons. The number of carbonyl (C=O) groups excluding carboxylic acids is 1. The first-order chi connectivity index (χ1) is 18.6. The van der Waals surface area contributed by atoms with Crippen molar-refractivity contribution in [2.24, 2.45) is 0 Å². The van der Waals surface area contributed by atoms with Crippen LogP contribution >= 0.6 is 11.6 Å². The van der Waals surface area contributed by atoms with Crippen molar-refractivity contribution in [2.45, 2.75) is 51.6 Å². The van der Waals surface area contributed by atoms with E-state index < -0.39 is 12.0 Å². The number of carbonyl (C=O) groups is 2. The van der Waals surface area contributed by atoms with E-state index in [1.54, 1.807) is 18.2 Å². The summed E-state index contributed by atoms with van der Waals surface area (Å²) in [6.45, 7) is 5.21. The average Bonchev–Trinajstić information content (AvgIpc) is 3.32. The first-order valence-electron chi connectivity index (χ1n) is 13.0. The number of amides is 1. The summed E-state index contributed by atoms with van der Waals surface area (Å²) in [4.78, 5) is 36.8. The second kappa shape index (κ2) is 10.5. The first-order valence-corrected chi connectivity index (χ1v) is 13.4. The average molecular weight is 554 g/mol. The number of ether oxygens (including phenoxy) is 1. The third kappa shape index (κ3) is 5.08. The second-order valence-electron chi connectivity index (χ2n) is 10.5. The fourth-order valence-electron chi connectivity index (χ4n) is 6.26. The van der Waals surface area contributed by atoms with Gasteiger partial charge in [-0.05, 0) is 50.1 Å². The van der Waals surface area contributed by atoms with Crippen molar-refractivity contribution in [1.82, 2.24) is 9.97 Å². The van der Waals surface area contributed by atoms with Crippen LogP contribution in [0.5, 0.6) is 5.75 Å². The van der Waals surface area contributed by atoms with Gasteiger partial charge in [-0.2, -0.15) is 0 Å². The highest BCUT2D eigenvalue weighted by Gasteiger charge is 2.51. The number of hydrogen-bond donors (Lipinski definition) is 1. The summed E-state index contributed by atoms with van der Waals surface area (Å²) in [6.07, 6.45) is 1.44. The molecule has 204 valence electrons. The minimum Gasteiger partial charge on any atom is -0.449 e. The van der Waals surface area contributed by atoms with Crippen LogP contribution in [0.15, 0.2) is 42.5 Å². The van der Waals surface area contributed by atoms with Gasteiger partial charge in [0.15, 0.2) is 0 Å². The Labute approximate surface area is 231 Å². The van der Waals surface area contributed by atoms with Gasteiger partial charge in [0.25, 0.3) is 0 Å². The maximum atomic E-state index is 14.5. The van der Waals surface area contributed by atoms with Crippen LogP contribution in [-0.4, -0.2) is 57.8 Å². The highest BCUT2D eigenvalue weighted by Crippen LogP contribution is 2.46. The fourth-order valence-corrected chi connectivity index (χ4v) is 6.47. The van der Waals surface area contributed by atoms with Crippen LogP contribution in [0.1, 0.15) is 58.3 Å². The SMILES string of the molecule is Cc1cc(N2CCC([N+](C)(C(=O)c3cccc(F)c3Cl)[C@@H]3CCc4ccc(OC(=O)O)cc43)CC2)nc(C)n1. The third-order valence-electron chi connectivity index (χ3n) is 8.14. The Hall–Kier alpha value is -3.56. The molecule has 1 aliphatic carbocycles. The lowest BCUT2D eigenvalue weighted by Crippen LogP contribution is -2.60. The van der Waals surface area contributed by atoms with Crippen molar-refractivity contribution in [2.75, 3.05) is 25.0 Å². The zero-order valence-electron chi connectivity index (χ0n) is 22.2. The fraction of sp³-hybridized carbons (Fsp3) is 0.379. The predicted octanol–water partition coefficient (Wildman–Crippen LogP) is 5.89. The number of halogens is 2. The lowest BCUT2D eigenvalue weighted by molar-refractivity contribution is -0.887. The highest BCUT2D eigenvalue weighted by molar-refractivity contribution is 6.33. The summed E-state index contributed by atoms with van der Waals surface area (Å²) in [5.74, 6) is 0.899. The third-order valence-corrected chi connectivity index (χ3v) is 8.52. The van der Waals surface area contributed by atoms with Gasteiger partial charge in [-0.3, -0.25) is 0 Å². The van der Waals surface area contributed by atoms with E-state index in [1.165, 1.54) is 12.1 Å². The van der Waals surface area contributed by atoms with Crippen molar-refractivity contribution in [3.63, 3.8) is 0 Å². The molecule has 0 bridgehead atoms. The summed E-state index contributed by atoms with van der Waals surface area (Å²) >= 11 is 6.34. The van der Waals surface area contributed by atoms with E-state index in [-0.39, 0.29) is 38.8 Å². The summed E-state index contributed by atoms with van der Waals surface area (Å²) in [5, 5.41) is 8.96. The molecule has 5 rings (SSSR count). The van der Waals surface area contributed by atoms with E-state index >= 15 is 0 Å². The summed E-state index contributed by atoms with van der Waals surface area (Å²) in [7, 11) is 1.91. The van der Waals surface area contributed by atoms with Crippen LogP contribution in [0.3, 0.4) is 0 Å². The van der Waals surface area contributed by atoms with Crippen LogP contribution in [0, 0.1) is 19.7 Å². The van der Waals surface area contributed by atoms with E-state index in [9.17, 15) is 14.0 Å². The van der Waals surface area contributed by atoms with Crippen molar-refractivity contribution >= 4 is 29.5 Å². The van der Waals surface area contributed by atoms with Gasteiger partial charge in [0.05, 0.1) is 18.1 Å². The van der Waals surface area contributed by atoms with E-state index in [0.29, 0.717) is 38.2 Å². The molecule has 10 heteroatoms. The minimum atomic E-state index is -1.40. The van der Waals surface area contributed by atoms with Gasteiger partial charge in [0.2, 0.25) is 0 Å². The second-order valence-corrected chi connectivity index (χ2v) is 10.8. The number of hydrogen-bond acceptors (Lipinski definition) is 6. The Morgan fingerprint density at radius 3 is 2.54 bits per heavy atom. The Balaban J connectivity index is 1.52. The molecule has 0 spiro atoms. The van der Waals surface area contributed by atoms with Gasteiger partial charge in [-0.15, -0.1) is 0 Å². The Morgan fingerprint density at radius 1 is 1.10 bits per heavy atom. The molecule has 1 aromatic heterocycles. The number of quaternary nitrogens is 1. The van der Waals surface area contributed by atoms with Gasteiger partial charge in [0.1, 0.15) is 34.8 Å². The molecule has 0 saturated carbocycles. The molecule has 2 aliphatic rings. The number of carboxylic acid groups (broad SMARTS) is 1. The summed E-state index contributed by atoms with van der Waals surface area (Å²) in [6, 6.07) is 11.1. The standard InChI is InChI=1S/C29H30ClFN4O4/c1-17-15-26(33-18(2)32-17)34-13-11-20(12-14-34)35(3,28(36)22-5-4-6-24(31)27(22)30)25-10-8-19-7-9-21(16-23(19)25)39-29(37)38/h4-7,9,15-16,20,25H,8,10-14H2,1-3H3/p+1/t25-,35?/m1/s1. The molecule has 1 unspecified atom stereocenters. The van der Waals surface area contributed by atoms with Crippen LogP contribution < -0.4 is 9.64 Å². The van der Waals surface area contributed by atoms with Gasteiger partial charge in [0, 0.05) is 49.7 Å². The molecular formula is C29H31ClFN4O4+. The van der Waals surface area contributed by atoms with Crippen LogP contribution in [-0.2, 0) is 6.42 Å². The molecule has 2 aromatic carbocycles. The minimum absolute atomic E-state index is 0.00235. The molecule has 1 fully saturated rings. The van der Waals surface area contributed by atoms with Gasteiger partial charge < -0.3 is 14.7 Å². The molecule has 3 aromatic rings. The topological polar surface area (TPSA) is 92.6 Å². The number of piperidine rings is 1. The molecule has 1 N–H and O–H groups in total. The van der Waals surface area contributed by atoms with E-state index in [2.05, 4.69) is 14.9 Å². The van der Waals surface area contributed by atoms with Gasteiger partial charge in [-0.25, -0.2) is 28.4 Å². The number of aromatic nitrogens is 2. The predicted molar refractivity (Wildman–Crippen MR) is 145 cm³/mol. The largest absolute Gasteiger partial charge is 0.511 e. The summed E-state index contributed by atoms with van der Waals surface area (Å²) < 4.78 is 19.4. The lowest BCUT2D eigenvalue weighted by Gasteiger charge is -2.47. The monoisotopic (exact) mass is 553 g/mol. The summed E-state index contributed by atoms with van der Waals surface area (Å²) in [5.41, 5.74) is 2.97. The van der Waals surface area contributed by atoms with Gasteiger partial charge in [-0.1, -0.05) is 23.7 Å². The molecule has 39 heavy (non-hydrogen) atoms. The van der Waals surface area contributed by atoms with Crippen LogP contribution in [0.2, 0.25) is 5.02 Å². The molecule has 1 saturated heterocycles. The number of aryl methyl sites for hydroxylation is 3. The van der Waals surface area contributed by atoms with E-state index in [0.717, 1.165) is 29.1 Å². The Morgan fingerprint density at radius 2 is 1.85 bits per heavy atom. The molecule has 1 amide bonds. The number of anilines is 1. The van der Waals surface area contributed by atoms with Crippen molar-refractivity contribution in [1.29, 1.82) is 0 Å². The van der Waals surface area contributed by atoms with Crippen LogP contribution in [0.4, 0.5) is 15.0 Å². The first kappa shape index (κ1) is 27.0. The number of rotatable bonds is 5. The molecule has 1 aliphatic heterocycles. The zero-order valence-corrected chi connectivity index (χ0v) is 22.9. The smallest absolute Gasteiger partial charge is 0.449 e. The maximum absolute atomic E-state index is 14.5. The maximum Gasteiger partial charge on any atom is 0.511 e. The van der Waals surface area contributed by atoms with E-state index in [4.69, 9.17) is 21.4 Å². The van der Waals surface area contributed by atoms with Gasteiger partial charge >= 0.3 is 12.1 Å². The molecule has 2 heterocycles. The number of benzene rings is 2. The lowest BCUT2D eigenvalue weighted by atomic mass is 9.93. The van der Waals surface area contributed by atoms with Crippen molar-refractivity contribution in [3.05, 3.63) is 81.5 Å². The van der Waals surface area contributed by atoms with E-state index in [1.807, 2.05) is 33.0 Å². The number of nitrogens with zero attached hydrogens (tertiary/aromatic N) is 4. The zero-order chi connectivity index (χ0) is 27.9. The Kier molecular flexibility index (Phi) is 7.31. The Bertz CT molecular complexity index is 1420. The van der Waals surface area contributed by atoms with Crippen molar-refractivity contribution in [3.8, 4) is 5.75 Å².